The Bertz CT molecular complexity index is 400. The number of benzene rings is 1. The third-order valence-corrected chi connectivity index (χ3v) is 4.56. The standard InChI is InChI=1S/C16H26BrNO/c1-11(16(2,3)4)8-15(19)14(10-18)12-6-5-7-13(17)9-12/h5-7,9,11,14-15,19H,8,10,18H2,1-4H3. The molecule has 3 unspecified atom stereocenters. The van der Waals surface area contributed by atoms with Gasteiger partial charge in [0.2, 0.25) is 0 Å². The van der Waals surface area contributed by atoms with Gasteiger partial charge >= 0.3 is 0 Å². The molecule has 0 aliphatic heterocycles. The van der Waals surface area contributed by atoms with Gasteiger partial charge in [0.25, 0.3) is 0 Å². The van der Waals surface area contributed by atoms with Crippen molar-refractivity contribution in [2.24, 2.45) is 17.1 Å². The fourth-order valence-corrected chi connectivity index (χ4v) is 2.55. The van der Waals surface area contributed by atoms with Crippen LogP contribution >= 0.6 is 15.9 Å². The number of hydrogen-bond acceptors (Lipinski definition) is 2. The van der Waals surface area contributed by atoms with Crippen molar-refractivity contribution >= 4 is 15.9 Å². The Hall–Kier alpha value is -0.380. The molecule has 0 saturated carbocycles. The molecule has 0 spiro atoms. The lowest BCUT2D eigenvalue weighted by Crippen LogP contribution is -2.30. The largest absolute Gasteiger partial charge is 0.392 e. The summed E-state index contributed by atoms with van der Waals surface area (Å²) in [6.45, 7) is 9.29. The van der Waals surface area contributed by atoms with Crippen LogP contribution in [0.2, 0.25) is 0 Å². The molecule has 0 saturated heterocycles. The minimum atomic E-state index is -0.395. The lowest BCUT2D eigenvalue weighted by Gasteiger charge is -2.32. The Morgan fingerprint density at radius 2 is 1.95 bits per heavy atom. The second-order valence-corrected chi connectivity index (χ2v) is 7.38. The van der Waals surface area contributed by atoms with E-state index in [1.807, 2.05) is 24.3 Å². The quantitative estimate of drug-likeness (QED) is 0.860. The van der Waals surface area contributed by atoms with Crippen molar-refractivity contribution in [3.05, 3.63) is 34.3 Å². The third kappa shape index (κ3) is 4.90. The minimum Gasteiger partial charge on any atom is -0.392 e. The zero-order chi connectivity index (χ0) is 14.6. The zero-order valence-electron chi connectivity index (χ0n) is 12.4. The molecule has 3 atom stereocenters. The van der Waals surface area contributed by atoms with E-state index in [-0.39, 0.29) is 11.3 Å². The molecule has 0 aliphatic rings. The van der Waals surface area contributed by atoms with Crippen LogP contribution in [0.5, 0.6) is 0 Å². The van der Waals surface area contributed by atoms with Crippen molar-refractivity contribution < 1.29 is 5.11 Å². The van der Waals surface area contributed by atoms with E-state index in [1.54, 1.807) is 0 Å². The van der Waals surface area contributed by atoms with Crippen molar-refractivity contribution in [2.75, 3.05) is 6.54 Å². The molecule has 0 amide bonds. The first-order valence-corrected chi connectivity index (χ1v) is 7.68. The molecule has 2 nitrogen and oxygen atoms in total. The summed E-state index contributed by atoms with van der Waals surface area (Å²) in [5.74, 6) is 0.450. The van der Waals surface area contributed by atoms with Crippen LogP contribution in [-0.2, 0) is 0 Å². The molecule has 0 aliphatic carbocycles. The highest BCUT2D eigenvalue weighted by Gasteiger charge is 2.27. The maximum atomic E-state index is 10.5. The molecular formula is C16H26BrNO. The summed E-state index contributed by atoms with van der Waals surface area (Å²) in [7, 11) is 0. The van der Waals surface area contributed by atoms with Gasteiger partial charge in [0.1, 0.15) is 0 Å². The van der Waals surface area contributed by atoms with E-state index in [0.29, 0.717) is 12.5 Å². The van der Waals surface area contributed by atoms with E-state index in [1.165, 1.54) is 0 Å². The van der Waals surface area contributed by atoms with E-state index < -0.39 is 6.10 Å². The molecule has 1 aromatic rings. The molecule has 108 valence electrons. The minimum absolute atomic E-state index is 0.00213. The zero-order valence-corrected chi connectivity index (χ0v) is 13.9. The molecule has 3 N–H and O–H groups in total. The predicted molar refractivity (Wildman–Crippen MR) is 85.2 cm³/mol. The van der Waals surface area contributed by atoms with Crippen LogP contribution in [0.1, 0.15) is 45.6 Å². The van der Waals surface area contributed by atoms with E-state index in [9.17, 15) is 5.11 Å². The van der Waals surface area contributed by atoms with Gasteiger partial charge in [-0.3, -0.25) is 0 Å². The Morgan fingerprint density at radius 3 is 2.42 bits per heavy atom. The molecule has 3 heteroatoms. The van der Waals surface area contributed by atoms with E-state index in [2.05, 4.69) is 43.6 Å². The summed E-state index contributed by atoms with van der Waals surface area (Å²) in [5.41, 5.74) is 7.17. The van der Waals surface area contributed by atoms with E-state index in [4.69, 9.17) is 5.73 Å². The topological polar surface area (TPSA) is 46.2 Å². The number of nitrogens with two attached hydrogens (primary N) is 1. The molecule has 0 radical (unpaired) electrons. The normalized spacial score (nSPS) is 17.0. The van der Waals surface area contributed by atoms with Crippen LogP contribution in [0.4, 0.5) is 0 Å². The molecule has 0 aromatic heterocycles. The number of hydrogen-bond donors (Lipinski definition) is 2. The SMILES string of the molecule is CC(CC(O)C(CN)c1cccc(Br)c1)C(C)(C)C. The van der Waals surface area contributed by atoms with Gasteiger partial charge in [-0.1, -0.05) is 55.8 Å². The predicted octanol–water partition coefficient (Wildman–Crippen LogP) is 3.92. The average Bonchev–Trinajstić information content (AvgIpc) is 2.28. The molecule has 0 bridgehead atoms. The number of halogens is 1. The highest BCUT2D eigenvalue weighted by Crippen LogP contribution is 2.33. The molecule has 0 heterocycles. The highest BCUT2D eigenvalue weighted by atomic mass is 79.9. The maximum Gasteiger partial charge on any atom is 0.0623 e. The third-order valence-electron chi connectivity index (χ3n) is 4.07. The van der Waals surface area contributed by atoms with E-state index in [0.717, 1.165) is 16.5 Å². The first kappa shape index (κ1) is 16.7. The number of rotatable bonds is 5. The first-order valence-electron chi connectivity index (χ1n) is 6.89. The van der Waals surface area contributed by atoms with Crippen LogP contribution in [-0.4, -0.2) is 17.8 Å². The lowest BCUT2D eigenvalue weighted by molar-refractivity contribution is 0.0894. The number of aliphatic hydroxyl groups is 1. The van der Waals surface area contributed by atoms with Gasteiger partial charge in [-0.25, -0.2) is 0 Å². The Morgan fingerprint density at radius 1 is 1.32 bits per heavy atom. The first-order chi connectivity index (χ1) is 8.75. The van der Waals surface area contributed by atoms with Gasteiger partial charge in [0.05, 0.1) is 6.10 Å². The van der Waals surface area contributed by atoms with Crippen molar-refractivity contribution in [3.8, 4) is 0 Å². The van der Waals surface area contributed by atoms with Crippen molar-refractivity contribution in [1.29, 1.82) is 0 Å². The van der Waals surface area contributed by atoms with Crippen LogP contribution in [0.15, 0.2) is 28.7 Å². The lowest BCUT2D eigenvalue weighted by atomic mass is 9.76. The van der Waals surface area contributed by atoms with Crippen LogP contribution in [0.3, 0.4) is 0 Å². The van der Waals surface area contributed by atoms with E-state index >= 15 is 0 Å². The summed E-state index contributed by atoms with van der Waals surface area (Å²) >= 11 is 3.47. The maximum absolute atomic E-state index is 10.5. The molecule has 0 fully saturated rings. The molecular weight excluding hydrogens is 302 g/mol. The number of aliphatic hydroxyl groups excluding tert-OH is 1. The monoisotopic (exact) mass is 327 g/mol. The van der Waals surface area contributed by atoms with Gasteiger partial charge in [-0.05, 0) is 35.4 Å². The van der Waals surface area contributed by atoms with Crippen LogP contribution in [0.25, 0.3) is 0 Å². The Labute approximate surface area is 125 Å². The van der Waals surface area contributed by atoms with Crippen molar-refractivity contribution in [1.82, 2.24) is 0 Å². The second-order valence-electron chi connectivity index (χ2n) is 6.47. The van der Waals surface area contributed by atoms with Crippen molar-refractivity contribution in [3.63, 3.8) is 0 Å². The second kappa shape index (κ2) is 6.87. The average molecular weight is 328 g/mol. The van der Waals surface area contributed by atoms with Crippen LogP contribution in [0, 0.1) is 11.3 Å². The summed E-state index contributed by atoms with van der Waals surface area (Å²) in [4.78, 5) is 0. The molecule has 1 rings (SSSR count). The van der Waals surface area contributed by atoms with Gasteiger partial charge in [0, 0.05) is 16.9 Å². The van der Waals surface area contributed by atoms with Crippen LogP contribution < -0.4 is 5.73 Å². The smallest absolute Gasteiger partial charge is 0.0623 e. The van der Waals surface area contributed by atoms with Gasteiger partial charge in [-0.15, -0.1) is 0 Å². The fraction of sp³-hybridized carbons (Fsp3) is 0.625. The highest BCUT2D eigenvalue weighted by molar-refractivity contribution is 9.10. The van der Waals surface area contributed by atoms with Crippen molar-refractivity contribution in [2.45, 2.75) is 46.1 Å². The summed E-state index contributed by atoms with van der Waals surface area (Å²) in [6, 6.07) is 8.05. The summed E-state index contributed by atoms with van der Waals surface area (Å²) in [5, 5.41) is 10.5. The summed E-state index contributed by atoms with van der Waals surface area (Å²) in [6.07, 6.45) is 0.381. The molecule has 19 heavy (non-hydrogen) atoms. The summed E-state index contributed by atoms with van der Waals surface area (Å²) < 4.78 is 1.03. The Kier molecular flexibility index (Phi) is 6.03. The van der Waals surface area contributed by atoms with Gasteiger partial charge in [0.15, 0.2) is 0 Å². The van der Waals surface area contributed by atoms with Gasteiger partial charge < -0.3 is 10.8 Å². The fourth-order valence-electron chi connectivity index (χ4n) is 2.13. The molecule has 1 aromatic carbocycles. The van der Waals surface area contributed by atoms with Gasteiger partial charge in [-0.2, -0.15) is 0 Å². The Balaban J connectivity index is 2.80.